The SMILES string of the molecule is O=C(Nc1cccnc1-n1cccn1)[C@H]1CSc2ccccc2O1. The van der Waals surface area contributed by atoms with Crippen molar-refractivity contribution in [3.05, 3.63) is 61.1 Å². The zero-order chi connectivity index (χ0) is 16.4. The van der Waals surface area contributed by atoms with E-state index in [0.717, 1.165) is 10.6 Å². The fraction of sp³-hybridized carbons (Fsp3) is 0.118. The molecule has 0 aliphatic carbocycles. The van der Waals surface area contributed by atoms with E-state index in [1.807, 2.05) is 24.3 Å². The van der Waals surface area contributed by atoms with E-state index in [9.17, 15) is 4.79 Å². The van der Waals surface area contributed by atoms with Gasteiger partial charge in [-0.25, -0.2) is 9.67 Å². The summed E-state index contributed by atoms with van der Waals surface area (Å²) < 4.78 is 7.43. The second kappa shape index (κ2) is 6.37. The van der Waals surface area contributed by atoms with Crippen LogP contribution in [0.4, 0.5) is 5.69 Å². The summed E-state index contributed by atoms with van der Waals surface area (Å²) in [6.45, 7) is 0. The average Bonchev–Trinajstić information content (AvgIpc) is 3.16. The molecule has 1 aromatic carbocycles. The lowest BCUT2D eigenvalue weighted by Gasteiger charge is -2.24. The van der Waals surface area contributed by atoms with Crippen molar-refractivity contribution in [2.75, 3.05) is 11.1 Å². The van der Waals surface area contributed by atoms with E-state index in [4.69, 9.17) is 4.74 Å². The van der Waals surface area contributed by atoms with Crippen LogP contribution >= 0.6 is 11.8 Å². The second-order valence-electron chi connectivity index (χ2n) is 5.18. The predicted octanol–water partition coefficient (Wildman–Crippen LogP) is 2.76. The van der Waals surface area contributed by atoms with E-state index in [1.54, 1.807) is 53.2 Å². The number of nitrogens with one attached hydrogen (secondary N) is 1. The summed E-state index contributed by atoms with van der Waals surface area (Å²) in [5.41, 5.74) is 0.596. The van der Waals surface area contributed by atoms with Crippen molar-refractivity contribution >= 4 is 23.4 Å². The number of thioether (sulfide) groups is 1. The molecular formula is C17H14N4O2S. The molecule has 0 unspecified atom stereocenters. The maximum absolute atomic E-state index is 12.6. The van der Waals surface area contributed by atoms with Crippen LogP contribution in [0.25, 0.3) is 5.82 Å². The van der Waals surface area contributed by atoms with Crippen molar-refractivity contribution in [1.82, 2.24) is 14.8 Å². The Bertz CT molecular complexity index is 867. The van der Waals surface area contributed by atoms with Crippen LogP contribution in [-0.4, -0.2) is 32.5 Å². The third kappa shape index (κ3) is 2.85. The molecule has 7 heteroatoms. The molecule has 0 saturated carbocycles. The molecule has 0 spiro atoms. The lowest BCUT2D eigenvalue weighted by atomic mass is 10.3. The largest absolute Gasteiger partial charge is 0.479 e. The van der Waals surface area contributed by atoms with E-state index in [-0.39, 0.29) is 5.91 Å². The Kier molecular flexibility index (Phi) is 3.92. The maximum Gasteiger partial charge on any atom is 0.266 e. The van der Waals surface area contributed by atoms with Gasteiger partial charge in [0.1, 0.15) is 5.75 Å². The van der Waals surface area contributed by atoms with Crippen molar-refractivity contribution in [1.29, 1.82) is 0 Å². The number of rotatable bonds is 3. The Balaban J connectivity index is 1.54. The van der Waals surface area contributed by atoms with E-state index in [2.05, 4.69) is 15.4 Å². The molecule has 0 bridgehead atoms. The summed E-state index contributed by atoms with van der Waals surface area (Å²) >= 11 is 1.62. The first-order valence-corrected chi connectivity index (χ1v) is 8.44. The van der Waals surface area contributed by atoms with Gasteiger partial charge in [0.2, 0.25) is 0 Å². The van der Waals surface area contributed by atoms with E-state index in [1.165, 1.54) is 0 Å². The molecule has 3 aromatic rings. The first-order valence-electron chi connectivity index (χ1n) is 7.45. The number of anilines is 1. The smallest absolute Gasteiger partial charge is 0.266 e. The van der Waals surface area contributed by atoms with E-state index >= 15 is 0 Å². The summed E-state index contributed by atoms with van der Waals surface area (Å²) in [7, 11) is 0. The van der Waals surface area contributed by atoms with Gasteiger partial charge in [-0.15, -0.1) is 11.8 Å². The Morgan fingerprint density at radius 3 is 3.00 bits per heavy atom. The predicted molar refractivity (Wildman–Crippen MR) is 91.6 cm³/mol. The number of benzene rings is 1. The minimum atomic E-state index is -0.546. The third-order valence-electron chi connectivity index (χ3n) is 3.57. The second-order valence-corrected chi connectivity index (χ2v) is 6.24. The van der Waals surface area contributed by atoms with Crippen molar-refractivity contribution in [3.8, 4) is 11.6 Å². The highest BCUT2D eigenvalue weighted by Crippen LogP contribution is 2.35. The van der Waals surface area contributed by atoms with Crippen LogP contribution in [0.15, 0.2) is 66.0 Å². The Morgan fingerprint density at radius 2 is 2.12 bits per heavy atom. The summed E-state index contributed by atoms with van der Waals surface area (Å²) in [6.07, 6.45) is 4.56. The highest BCUT2D eigenvalue weighted by atomic mass is 32.2. The molecule has 0 saturated heterocycles. The van der Waals surface area contributed by atoms with Gasteiger partial charge in [-0.3, -0.25) is 4.79 Å². The van der Waals surface area contributed by atoms with Crippen LogP contribution in [-0.2, 0) is 4.79 Å². The number of ether oxygens (including phenoxy) is 1. The minimum Gasteiger partial charge on any atom is -0.479 e. The fourth-order valence-electron chi connectivity index (χ4n) is 2.43. The number of carbonyl (C=O) groups excluding carboxylic acids is 1. The van der Waals surface area contributed by atoms with Gasteiger partial charge in [-0.2, -0.15) is 5.10 Å². The standard InChI is InChI=1S/C17H14N4O2S/c22-17(14-11-24-15-7-2-1-6-13(15)23-14)20-12-5-3-8-18-16(12)21-10-4-9-19-21/h1-10,14H,11H2,(H,20,22)/t14-/m1/s1. The minimum absolute atomic E-state index is 0.196. The molecule has 1 N–H and O–H groups in total. The number of para-hydroxylation sites is 1. The molecule has 1 amide bonds. The van der Waals surface area contributed by atoms with Gasteiger partial charge in [0.25, 0.3) is 5.91 Å². The van der Waals surface area contributed by atoms with Crippen molar-refractivity contribution in [2.45, 2.75) is 11.0 Å². The molecule has 1 aliphatic heterocycles. The Morgan fingerprint density at radius 1 is 1.21 bits per heavy atom. The number of amides is 1. The molecule has 6 nitrogen and oxygen atoms in total. The normalized spacial score (nSPS) is 16.1. The van der Waals surface area contributed by atoms with Crippen molar-refractivity contribution in [2.24, 2.45) is 0 Å². The molecular weight excluding hydrogens is 324 g/mol. The van der Waals surface area contributed by atoms with Gasteiger partial charge in [0, 0.05) is 29.2 Å². The maximum atomic E-state index is 12.6. The van der Waals surface area contributed by atoms with Gasteiger partial charge >= 0.3 is 0 Å². The first-order chi connectivity index (χ1) is 11.8. The molecule has 24 heavy (non-hydrogen) atoms. The number of hydrogen-bond acceptors (Lipinski definition) is 5. The average molecular weight is 338 g/mol. The summed E-state index contributed by atoms with van der Waals surface area (Å²) in [5, 5.41) is 7.06. The number of aromatic nitrogens is 3. The zero-order valence-electron chi connectivity index (χ0n) is 12.6. The Labute approximate surface area is 142 Å². The zero-order valence-corrected chi connectivity index (χ0v) is 13.4. The first kappa shape index (κ1) is 14.8. The van der Waals surface area contributed by atoms with Crippen LogP contribution in [0.3, 0.4) is 0 Å². The third-order valence-corrected chi connectivity index (χ3v) is 4.68. The molecule has 0 radical (unpaired) electrons. The molecule has 1 atom stereocenters. The van der Waals surface area contributed by atoms with Crippen LogP contribution < -0.4 is 10.1 Å². The molecule has 1 aliphatic rings. The highest BCUT2D eigenvalue weighted by molar-refractivity contribution is 7.99. The van der Waals surface area contributed by atoms with Crippen molar-refractivity contribution < 1.29 is 9.53 Å². The molecule has 120 valence electrons. The van der Waals surface area contributed by atoms with Gasteiger partial charge in [0.15, 0.2) is 11.9 Å². The van der Waals surface area contributed by atoms with Crippen LogP contribution in [0, 0.1) is 0 Å². The molecule has 4 rings (SSSR count). The summed E-state index contributed by atoms with van der Waals surface area (Å²) in [6, 6.07) is 13.1. The Hall–Kier alpha value is -2.80. The topological polar surface area (TPSA) is 69.0 Å². The van der Waals surface area contributed by atoms with Crippen LogP contribution in [0.1, 0.15) is 0 Å². The van der Waals surface area contributed by atoms with Gasteiger partial charge in [-0.1, -0.05) is 12.1 Å². The molecule has 0 fully saturated rings. The lowest BCUT2D eigenvalue weighted by Crippen LogP contribution is -2.37. The summed E-state index contributed by atoms with van der Waals surface area (Å²) in [4.78, 5) is 17.9. The van der Waals surface area contributed by atoms with E-state index < -0.39 is 6.10 Å². The number of hydrogen-bond donors (Lipinski definition) is 1. The number of fused-ring (bicyclic) bond motifs is 1. The van der Waals surface area contributed by atoms with Gasteiger partial charge in [-0.05, 0) is 30.3 Å². The quantitative estimate of drug-likeness (QED) is 0.795. The molecule has 2 aromatic heterocycles. The van der Waals surface area contributed by atoms with Gasteiger partial charge in [0.05, 0.1) is 5.69 Å². The highest BCUT2D eigenvalue weighted by Gasteiger charge is 2.27. The number of pyridine rings is 1. The number of nitrogens with zero attached hydrogens (tertiary/aromatic N) is 3. The fourth-order valence-corrected chi connectivity index (χ4v) is 3.42. The summed E-state index contributed by atoms with van der Waals surface area (Å²) in [5.74, 6) is 1.69. The monoisotopic (exact) mass is 338 g/mol. The van der Waals surface area contributed by atoms with E-state index in [0.29, 0.717) is 17.3 Å². The number of carbonyl (C=O) groups is 1. The van der Waals surface area contributed by atoms with Gasteiger partial charge < -0.3 is 10.1 Å². The van der Waals surface area contributed by atoms with Crippen LogP contribution in [0.5, 0.6) is 5.75 Å². The van der Waals surface area contributed by atoms with Crippen molar-refractivity contribution in [3.63, 3.8) is 0 Å². The lowest BCUT2D eigenvalue weighted by molar-refractivity contribution is -0.122. The van der Waals surface area contributed by atoms with Crippen LogP contribution in [0.2, 0.25) is 0 Å². The molecule has 3 heterocycles.